The van der Waals surface area contributed by atoms with E-state index in [1.807, 2.05) is 6.92 Å². The van der Waals surface area contributed by atoms with E-state index in [-0.39, 0.29) is 0 Å². The first-order valence-electron chi connectivity index (χ1n) is 4.60. The molecule has 0 heterocycles. The lowest BCUT2D eigenvalue weighted by molar-refractivity contribution is -0.107. The molecule has 3 nitrogen and oxygen atoms in total. The molecule has 0 fully saturated rings. The van der Waals surface area contributed by atoms with Gasteiger partial charge in [-0.1, -0.05) is 22.9 Å². The minimum Gasteiger partial charge on any atom is -0.366 e. The first-order chi connectivity index (χ1) is 7.11. The van der Waals surface area contributed by atoms with Gasteiger partial charge >= 0.3 is 0 Å². The Bertz CT molecular complexity index is 309. The van der Waals surface area contributed by atoms with Gasteiger partial charge in [-0.2, -0.15) is 0 Å². The molecule has 15 heavy (non-hydrogen) atoms. The predicted molar refractivity (Wildman–Crippen MR) is 63.6 cm³/mol. The van der Waals surface area contributed by atoms with Crippen LogP contribution in [0.1, 0.15) is 30.1 Å². The molecule has 82 valence electrons. The third-order valence-electron chi connectivity index (χ3n) is 1.54. The van der Waals surface area contributed by atoms with E-state index in [0.717, 1.165) is 17.2 Å². The van der Waals surface area contributed by atoms with Gasteiger partial charge < -0.3 is 10.5 Å². The van der Waals surface area contributed by atoms with E-state index in [9.17, 15) is 9.59 Å². The van der Waals surface area contributed by atoms with Crippen LogP contribution in [-0.2, 0) is 4.79 Å². The first-order valence-corrected chi connectivity index (χ1v) is 5.40. The zero-order chi connectivity index (χ0) is 11.7. The summed E-state index contributed by atoms with van der Waals surface area (Å²) in [5.74, 6) is -0.396. The van der Waals surface area contributed by atoms with Crippen LogP contribution in [0.3, 0.4) is 0 Å². The van der Waals surface area contributed by atoms with Gasteiger partial charge in [0.25, 0.3) is 0 Å². The number of hydrogen-bond acceptors (Lipinski definition) is 2. The molecular formula is C11H14BrNO2. The normalized spacial score (nSPS) is 8.67. The highest BCUT2D eigenvalue weighted by Gasteiger charge is 1.96. The van der Waals surface area contributed by atoms with Crippen LogP contribution in [0.2, 0.25) is 0 Å². The van der Waals surface area contributed by atoms with Crippen LogP contribution >= 0.6 is 15.9 Å². The summed E-state index contributed by atoms with van der Waals surface area (Å²) in [4.78, 5) is 19.9. The van der Waals surface area contributed by atoms with Crippen LogP contribution < -0.4 is 5.73 Å². The van der Waals surface area contributed by atoms with Gasteiger partial charge in [-0.15, -0.1) is 0 Å². The van der Waals surface area contributed by atoms with E-state index in [1.54, 1.807) is 24.3 Å². The van der Waals surface area contributed by atoms with Crippen molar-refractivity contribution in [3.63, 3.8) is 0 Å². The van der Waals surface area contributed by atoms with Gasteiger partial charge in [0.2, 0.25) is 5.91 Å². The van der Waals surface area contributed by atoms with Crippen molar-refractivity contribution in [3.8, 4) is 0 Å². The molecule has 2 N–H and O–H groups in total. The molecule has 0 unspecified atom stereocenters. The zero-order valence-electron chi connectivity index (χ0n) is 8.57. The summed E-state index contributed by atoms with van der Waals surface area (Å²) in [6.45, 7) is 1.98. The predicted octanol–water partition coefficient (Wildman–Crippen LogP) is 2.53. The van der Waals surface area contributed by atoms with Gasteiger partial charge in [-0.25, -0.2) is 0 Å². The monoisotopic (exact) mass is 271 g/mol. The lowest BCUT2D eigenvalue weighted by Gasteiger charge is -1.92. The van der Waals surface area contributed by atoms with Crippen LogP contribution in [0.15, 0.2) is 28.7 Å². The maximum atomic E-state index is 10.5. The molecule has 1 amide bonds. The Morgan fingerprint density at radius 2 is 1.93 bits per heavy atom. The fraction of sp³-hybridized carbons (Fsp3) is 0.273. The van der Waals surface area contributed by atoms with Crippen LogP contribution in [0.5, 0.6) is 0 Å². The van der Waals surface area contributed by atoms with Gasteiger partial charge in [-0.3, -0.25) is 4.79 Å². The third-order valence-corrected chi connectivity index (χ3v) is 2.06. The molecule has 0 aliphatic carbocycles. The second-order valence-corrected chi connectivity index (χ2v) is 3.74. The number of amides is 1. The topological polar surface area (TPSA) is 60.2 Å². The molecule has 1 aromatic carbocycles. The number of carbonyl (C=O) groups excluding carboxylic acids is 2. The highest BCUT2D eigenvalue weighted by molar-refractivity contribution is 9.10. The smallest absolute Gasteiger partial charge is 0.248 e. The van der Waals surface area contributed by atoms with Gasteiger partial charge in [0.1, 0.15) is 6.29 Å². The van der Waals surface area contributed by atoms with Gasteiger partial charge in [-0.05, 0) is 30.7 Å². The quantitative estimate of drug-likeness (QED) is 0.859. The number of hydrogen-bond donors (Lipinski definition) is 1. The number of halogens is 1. The van der Waals surface area contributed by atoms with Crippen LogP contribution in [-0.4, -0.2) is 12.2 Å². The Hall–Kier alpha value is -1.16. The lowest BCUT2D eigenvalue weighted by Crippen LogP contribution is -2.10. The number of benzene rings is 1. The molecule has 4 heteroatoms. The summed E-state index contributed by atoms with van der Waals surface area (Å²) >= 11 is 3.24. The lowest BCUT2D eigenvalue weighted by atomic mass is 10.2. The Kier molecular flexibility index (Phi) is 7.54. The van der Waals surface area contributed by atoms with Gasteiger partial charge in [0, 0.05) is 16.5 Å². The van der Waals surface area contributed by atoms with Crippen LogP contribution in [0, 0.1) is 0 Å². The van der Waals surface area contributed by atoms with Crippen LogP contribution in [0.25, 0.3) is 0 Å². The van der Waals surface area contributed by atoms with Gasteiger partial charge in [0.15, 0.2) is 0 Å². The molecule has 1 aromatic rings. The highest BCUT2D eigenvalue weighted by Crippen LogP contribution is 2.09. The molecule has 0 saturated heterocycles. The summed E-state index contributed by atoms with van der Waals surface area (Å²) in [6.07, 6.45) is 2.61. The SMILES string of the molecule is CCCC=O.NC(=O)c1ccc(Br)cc1. The largest absolute Gasteiger partial charge is 0.366 e. The average Bonchev–Trinajstić information content (AvgIpc) is 2.20. The van der Waals surface area contributed by atoms with E-state index >= 15 is 0 Å². The molecule has 0 spiro atoms. The molecule has 0 radical (unpaired) electrons. The van der Waals surface area contributed by atoms with Crippen molar-refractivity contribution < 1.29 is 9.59 Å². The summed E-state index contributed by atoms with van der Waals surface area (Å²) in [6, 6.07) is 6.90. The summed E-state index contributed by atoms with van der Waals surface area (Å²) < 4.78 is 0.942. The molecule has 0 aromatic heterocycles. The maximum Gasteiger partial charge on any atom is 0.248 e. The maximum absolute atomic E-state index is 10.5. The molecule has 0 bridgehead atoms. The van der Waals surface area contributed by atoms with E-state index in [4.69, 9.17) is 5.73 Å². The van der Waals surface area contributed by atoms with Crippen molar-refractivity contribution in [1.29, 1.82) is 0 Å². The molecule has 0 atom stereocenters. The Morgan fingerprint density at radius 1 is 1.40 bits per heavy atom. The van der Waals surface area contributed by atoms with Crippen molar-refractivity contribution in [2.24, 2.45) is 5.73 Å². The molecule has 1 rings (SSSR count). The number of primary amides is 1. The number of aldehydes is 1. The third kappa shape index (κ3) is 6.85. The van der Waals surface area contributed by atoms with Crippen molar-refractivity contribution in [2.75, 3.05) is 0 Å². The van der Waals surface area contributed by atoms with Crippen molar-refractivity contribution in [3.05, 3.63) is 34.3 Å². The van der Waals surface area contributed by atoms with E-state index < -0.39 is 5.91 Å². The number of nitrogens with two attached hydrogens (primary N) is 1. The minimum atomic E-state index is -0.396. The van der Waals surface area contributed by atoms with E-state index in [2.05, 4.69) is 15.9 Å². The number of unbranched alkanes of at least 4 members (excludes halogenated alkanes) is 1. The van der Waals surface area contributed by atoms with Crippen LogP contribution in [0.4, 0.5) is 0 Å². The summed E-state index contributed by atoms with van der Waals surface area (Å²) in [5, 5.41) is 0. The summed E-state index contributed by atoms with van der Waals surface area (Å²) in [5.41, 5.74) is 5.54. The fourth-order valence-electron chi connectivity index (χ4n) is 0.732. The molecule has 0 aliphatic heterocycles. The second kappa shape index (κ2) is 8.17. The van der Waals surface area contributed by atoms with Gasteiger partial charge in [0.05, 0.1) is 0 Å². The van der Waals surface area contributed by atoms with Crippen molar-refractivity contribution >= 4 is 28.1 Å². The molecule has 0 aliphatic rings. The zero-order valence-corrected chi connectivity index (χ0v) is 10.2. The number of rotatable bonds is 3. The van der Waals surface area contributed by atoms with Crippen molar-refractivity contribution in [1.82, 2.24) is 0 Å². The first kappa shape index (κ1) is 13.8. The molecule has 0 saturated carbocycles. The van der Waals surface area contributed by atoms with Crippen molar-refractivity contribution in [2.45, 2.75) is 19.8 Å². The van der Waals surface area contributed by atoms with E-state index in [0.29, 0.717) is 12.0 Å². The average molecular weight is 272 g/mol. The minimum absolute atomic E-state index is 0.396. The number of carbonyl (C=O) groups is 2. The fourth-order valence-corrected chi connectivity index (χ4v) is 0.996. The van der Waals surface area contributed by atoms with E-state index in [1.165, 1.54) is 0 Å². The second-order valence-electron chi connectivity index (χ2n) is 2.83. The standard InChI is InChI=1S/C7H6BrNO.C4H8O/c8-6-3-1-5(2-4-6)7(9)10;1-2-3-4-5/h1-4H,(H2,9,10);4H,2-3H2,1H3. The summed E-state index contributed by atoms with van der Waals surface area (Å²) in [7, 11) is 0. The highest BCUT2D eigenvalue weighted by atomic mass is 79.9. The Balaban J connectivity index is 0.000000336. The molecular weight excluding hydrogens is 258 g/mol. The Labute approximate surface area is 97.8 Å². The Morgan fingerprint density at radius 3 is 2.20 bits per heavy atom.